The second-order valence-electron chi connectivity index (χ2n) is 19.5. The van der Waals surface area contributed by atoms with Gasteiger partial charge < -0.3 is 9.80 Å². The first kappa shape index (κ1) is 40.4. The van der Waals surface area contributed by atoms with Gasteiger partial charge in [0.1, 0.15) is 0 Å². The molecule has 0 unspecified atom stereocenters. The van der Waals surface area contributed by atoms with Gasteiger partial charge in [0.15, 0.2) is 0 Å². The molecule has 0 saturated heterocycles. The van der Waals surface area contributed by atoms with Gasteiger partial charge in [0.2, 0.25) is 0 Å². The number of para-hydroxylation sites is 2. The highest BCUT2D eigenvalue weighted by Crippen LogP contribution is 2.66. The largest absolute Gasteiger partial charge is 0.309 e. The summed E-state index contributed by atoms with van der Waals surface area (Å²) in [6, 6.07) is 95.2. The molecule has 70 heavy (non-hydrogen) atoms. The summed E-state index contributed by atoms with van der Waals surface area (Å²) in [6.45, 7) is 4.82. The lowest BCUT2D eigenvalue weighted by atomic mass is 9.55. The van der Waals surface area contributed by atoms with Crippen molar-refractivity contribution in [3.05, 3.63) is 288 Å². The molecule has 1 spiro atoms. The third-order valence-corrected chi connectivity index (χ3v) is 15.6. The molecule has 0 bridgehead atoms. The molecule has 0 amide bonds. The molecule has 12 aromatic carbocycles. The highest BCUT2D eigenvalue weighted by atomic mass is 15.2. The van der Waals surface area contributed by atoms with E-state index in [2.05, 4.69) is 278 Å². The van der Waals surface area contributed by atoms with Crippen LogP contribution in [0.25, 0.3) is 54.2 Å². The molecular formula is C68H48N2. The summed E-state index contributed by atoms with van der Waals surface area (Å²) < 4.78 is 0. The third kappa shape index (κ3) is 5.62. The van der Waals surface area contributed by atoms with Crippen molar-refractivity contribution in [2.75, 3.05) is 9.80 Å². The minimum Gasteiger partial charge on any atom is -0.309 e. The predicted octanol–water partition coefficient (Wildman–Crippen LogP) is 18.2. The zero-order valence-electron chi connectivity index (χ0n) is 39.1. The molecule has 0 N–H and O–H groups in total. The van der Waals surface area contributed by atoms with Crippen LogP contribution in [0.2, 0.25) is 0 Å². The normalized spacial score (nSPS) is 13.8. The van der Waals surface area contributed by atoms with Gasteiger partial charge in [0.05, 0.1) is 28.2 Å². The summed E-state index contributed by atoms with van der Waals surface area (Å²) in [5, 5.41) is 9.78. The highest BCUT2D eigenvalue weighted by molar-refractivity contribution is 6.18. The Morgan fingerprint density at radius 2 is 0.586 bits per heavy atom. The van der Waals surface area contributed by atoms with Crippen LogP contribution in [0.1, 0.15) is 47.2 Å². The van der Waals surface area contributed by atoms with Crippen molar-refractivity contribution in [1.29, 1.82) is 0 Å². The molecule has 14 rings (SSSR count). The van der Waals surface area contributed by atoms with Crippen molar-refractivity contribution in [2.45, 2.75) is 24.7 Å². The fourth-order valence-electron chi connectivity index (χ4n) is 12.7. The Morgan fingerprint density at radius 1 is 0.257 bits per heavy atom. The Bertz CT molecular complexity index is 3790. The maximum atomic E-state index is 2.55. The van der Waals surface area contributed by atoms with Crippen LogP contribution >= 0.6 is 0 Å². The van der Waals surface area contributed by atoms with Crippen LogP contribution < -0.4 is 9.80 Å². The number of anilines is 6. The van der Waals surface area contributed by atoms with Crippen molar-refractivity contribution in [1.82, 2.24) is 0 Å². The number of benzene rings is 12. The van der Waals surface area contributed by atoms with Crippen LogP contribution in [0.5, 0.6) is 0 Å². The van der Waals surface area contributed by atoms with E-state index >= 15 is 0 Å². The second-order valence-corrected chi connectivity index (χ2v) is 19.5. The fraction of sp³-hybridized carbons (Fsp3) is 0.0588. The van der Waals surface area contributed by atoms with E-state index in [9.17, 15) is 0 Å². The number of rotatable bonds is 6. The Hall–Kier alpha value is -8.72. The van der Waals surface area contributed by atoms with Gasteiger partial charge in [-0.05, 0) is 114 Å². The van der Waals surface area contributed by atoms with Crippen LogP contribution in [0, 0.1) is 0 Å². The van der Waals surface area contributed by atoms with Crippen LogP contribution in [-0.2, 0) is 10.8 Å². The molecule has 2 heteroatoms. The van der Waals surface area contributed by atoms with E-state index in [-0.39, 0.29) is 5.41 Å². The van der Waals surface area contributed by atoms with E-state index in [0.717, 1.165) is 34.1 Å². The van der Waals surface area contributed by atoms with Gasteiger partial charge in [-0.2, -0.15) is 0 Å². The molecule has 0 fully saturated rings. The highest BCUT2D eigenvalue weighted by Gasteiger charge is 2.55. The monoisotopic (exact) mass is 892 g/mol. The van der Waals surface area contributed by atoms with E-state index in [0.29, 0.717) is 0 Å². The van der Waals surface area contributed by atoms with E-state index in [4.69, 9.17) is 0 Å². The quantitative estimate of drug-likeness (QED) is 0.154. The maximum absolute atomic E-state index is 2.55. The third-order valence-electron chi connectivity index (χ3n) is 15.6. The van der Waals surface area contributed by atoms with Gasteiger partial charge in [-0.25, -0.2) is 0 Å². The zero-order valence-corrected chi connectivity index (χ0v) is 39.1. The summed E-state index contributed by atoms with van der Waals surface area (Å²) in [7, 11) is 0. The van der Waals surface area contributed by atoms with Crippen molar-refractivity contribution in [3.63, 3.8) is 0 Å². The molecule has 2 aliphatic carbocycles. The van der Waals surface area contributed by atoms with E-state index < -0.39 is 5.41 Å². The van der Waals surface area contributed by atoms with E-state index in [1.807, 2.05) is 0 Å². The average molecular weight is 893 g/mol. The summed E-state index contributed by atoms with van der Waals surface area (Å²) in [4.78, 5) is 5.10. The molecular weight excluding hydrogens is 845 g/mol. The van der Waals surface area contributed by atoms with Gasteiger partial charge in [-0.3, -0.25) is 0 Å². The topological polar surface area (TPSA) is 6.48 Å². The lowest BCUT2D eigenvalue weighted by Crippen LogP contribution is -2.40. The molecule has 2 aliphatic rings. The summed E-state index contributed by atoms with van der Waals surface area (Å²) in [6.07, 6.45) is 0. The minimum atomic E-state index is -0.652. The maximum Gasteiger partial charge on any atom is 0.0721 e. The first-order chi connectivity index (χ1) is 34.5. The van der Waals surface area contributed by atoms with E-state index in [1.165, 1.54) is 87.6 Å². The van der Waals surface area contributed by atoms with Crippen molar-refractivity contribution < 1.29 is 0 Å². The predicted molar refractivity (Wildman–Crippen MR) is 295 cm³/mol. The van der Waals surface area contributed by atoms with Crippen LogP contribution in [0.15, 0.2) is 255 Å². The molecule has 0 heterocycles. The van der Waals surface area contributed by atoms with Gasteiger partial charge in [0.25, 0.3) is 0 Å². The Morgan fingerprint density at radius 3 is 1.01 bits per heavy atom. The zero-order chi connectivity index (χ0) is 46.6. The van der Waals surface area contributed by atoms with Crippen molar-refractivity contribution >= 4 is 77.2 Å². The Balaban J connectivity index is 1.17. The Labute approximate surface area is 409 Å². The second kappa shape index (κ2) is 15.4. The summed E-state index contributed by atoms with van der Waals surface area (Å²) in [5.41, 5.74) is 16.2. The van der Waals surface area contributed by atoms with E-state index in [1.54, 1.807) is 0 Å². The Kier molecular flexibility index (Phi) is 8.88. The van der Waals surface area contributed by atoms with Crippen molar-refractivity contribution in [2.24, 2.45) is 0 Å². The number of hydrogen-bond acceptors (Lipinski definition) is 2. The summed E-state index contributed by atoms with van der Waals surface area (Å²) >= 11 is 0. The van der Waals surface area contributed by atoms with Crippen LogP contribution in [-0.4, -0.2) is 0 Å². The number of hydrogen-bond donors (Lipinski definition) is 0. The first-order valence-corrected chi connectivity index (χ1v) is 24.5. The molecule has 0 radical (unpaired) electrons. The molecule has 0 atom stereocenters. The van der Waals surface area contributed by atoms with Gasteiger partial charge >= 0.3 is 0 Å². The molecule has 330 valence electrons. The summed E-state index contributed by atoms with van der Waals surface area (Å²) in [5.74, 6) is 0. The molecule has 0 saturated carbocycles. The van der Waals surface area contributed by atoms with Crippen molar-refractivity contribution in [3.8, 4) is 11.1 Å². The van der Waals surface area contributed by atoms with Crippen LogP contribution in [0.3, 0.4) is 0 Å². The number of fused-ring (bicyclic) bond motifs is 15. The SMILES string of the molecule is CC1(C)c2ccccc2C2(c3ccccc31)c1cccc(N(c3ccccc3)c3cc4ccccc4c4ccccc34)c1-c1c(N(c3ccccc3)c3cc4ccccc4c4ccccc34)cccc12. The molecule has 0 aliphatic heterocycles. The fourth-order valence-corrected chi connectivity index (χ4v) is 12.7. The molecule has 2 nitrogen and oxygen atoms in total. The first-order valence-electron chi connectivity index (χ1n) is 24.5. The minimum absolute atomic E-state index is 0.239. The molecule has 0 aromatic heterocycles. The smallest absolute Gasteiger partial charge is 0.0721 e. The standard InChI is InChI=1S/C68H48N2/c1-67(2)55-35-17-19-37-57(55)68(58-38-20-18-36-56(58)67)59-39-21-41-61(69(47-25-5-3-6-26-47)63-43-45-23-9-11-29-49(45)51-31-13-15-33-53(51)63)65(59)66-60(68)40-22-42-62(66)70(48-27-7-4-8-28-48)64-44-46-24-10-12-30-50(46)52-32-14-16-34-54(52)64/h3-44H,1-2H3. The van der Waals surface area contributed by atoms with Gasteiger partial charge in [0, 0.05) is 38.7 Å². The molecule has 12 aromatic rings. The van der Waals surface area contributed by atoms with Crippen LogP contribution in [0.4, 0.5) is 34.1 Å². The lowest BCUT2D eigenvalue weighted by molar-refractivity contribution is 0.563. The number of nitrogens with zero attached hydrogens (tertiary/aromatic N) is 2. The lowest BCUT2D eigenvalue weighted by Gasteiger charge is -2.46. The van der Waals surface area contributed by atoms with Gasteiger partial charge in [-0.15, -0.1) is 0 Å². The van der Waals surface area contributed by atoms with Gasteiger partial charge in [-0.1, -0.05) is 220 Å². The average Bonchev–Trinajstić information content (AvgIpc) is 3.73.